The molecule has 0 fully saturated rings. The van der Waals surface area contributed by atoms with E-state index in [1.807, 2.05) is 32.2 Å². The molecule has 0 saturated heterocycles. The van der Waals surface area contributed by atoms with Gasteiger partial charge in [0.25, 0.3) is 0 Å². The molecule has 0 aliphatic carbocycles. The van der Waals surface area contributed by atoms with Crippen LogP contribution < -0.4 is 5.32 Å². The second-order valence-electron chi connectivity index (χ2n) is 4.88. The number of hydrogen-bond acceptors (Lipinski definition) is 1. The number of nitrogens with one attached hydrogen (secondary N) is 1. The Balaban J connectivity index is 2.55. The smallest absolute Gasteiger partial charge is 0.0577 e. The number of halogens is 3. The van der Waals surface area contributed by atoms with E-state index in [-0.39, 0.29) is 6.04 Å². The van der Waals surface area contributed by atoms with Crippen LogP contribution in [0.15, 0.2) is 34.8 Å². The lowest BCUT2D eigenvalue weighted by Crippen LogP contribution is -2.19. The molecule has 0 radical (unpaired) electrons. The monoisotopic (exact) mass is 371 g/mol. The van der Waals surface area contributed by atoms with E-state index in [1.165, 1.54) is 5.56 Å². The highest BCUT2D eigenvalue weighted by molar-refractivity contribution is 9.10. The predicted octanol–water partition coefficient (Wildman–Crippen LogP) is 5.68. The highest BCUT2D eigenvalue weighted by atomic mass is 79.9. The molecule has 0 saturated carbocycles. The maximum Gasteiger partial charge on any atom is 0.0577 e. The van der Waals surface area contributed by atoms with Crippen LogP contribution in [0.25, 0.3) is 0 Å². The van der Waals surface area contributed by atoms with Gasteiger partial charge in [-0.05, 0) is 67.4 Å². The van der Waals surface area contributed by atoms with E-state index in [0.717, 1.165) is 31.2 Å². The van der Waals surface area contributed by atoms with E-state index in [2.05, 4.69) is 40.3 Å². The van der Waals surface area contributed by atoms with Gasteiger partial charge in [0.1, 0.15) is 0 Å². The zero-order valence-electron chi connectivity index (χ0n) is 11.6. The lowest BCUT2D eigenvalue weighted by molar-refractivity contribution is 0.686. The summed E-state index contributed by atoms with van der Waals surface area (Å²) in [5.74, 6) is 0. The first-order chi connectivity index (χ1) is 9.42. The van der Waals surface area contributed by atoms with Gasteiger partial charge >= 0.3 is 0 Å². The van der Waals surface area contributed by atoms with E-state index >= 15 is 0 Å². The van der Waals surface area contributed by atoms with Crippen molar-refractivity contribution in [2.45, 2.75) is 19.9 Å². The van der Waals surface area contributed by atoms with Crippen molar-refractivity contribution in [3.63, 3.8) is 0 Å². The normalized spacial score (nSPS) is 12.5. The van der Waals surface area contributed by atoms with Crippen LogP contribution in [0.1, 0.15) is 28.3 Å². The van der Waals surface area contributed by atoms with Gasteiger partial charge in [-0.1, -0.05) is 45.2 Å². The van der Waals surface area contributed by atoms with Crippen LogP contribution in [0, 0.1) is 13.8 Å². The number of benzene rings is 2. The van der Waals surface area contributed by atoms with Crippen molar-refractivity contribution in [1.29, 1.82) is 0 Å². The fourth-order valence-corrected chi connectivity index (χ4v) is 3.46. The maximum absolute atomic E-state index is 6.18. The van der Waals surface area contributed by atoms with Gasteiger partial charge in [0, 0.05) is 14.5 Å². The van der Waals surface area contributed by atoms with Crippen molar-refractivity contribution in [2.75, 3.05) is 7.05 Å². The van der Waals surface area contributed by atoms with Gasteiger partial charge in [-0.15, -0.1) is 0 Å². The zero-order chi connectivity index (χ0) is 14.9. The van der Waals surface area contributed by atoms with Crippen LogP contribution in [-0.4, -0.2) is 7.05 Å². The summed E-state index contributed by atoms with van der Waals surface area (Å²) in [6.45, 7) is 4.09. The van der Waals surface area contributed by atoms with Crippen LogP contribution in [0.4, 0.5) is 0 Å². The first-order valence-electron chi connectivity index (χ1n) is 6.32. The van der Waals surface area contributed by atoms with E-state index in [1.54, 1.807) is 0 Å². The summed E-state index contributed by atoms with van der Waals surface area (Å²) in [6.07, 6.45) is 0. The summed E-state index contributed by atoms with van der Waals surface area (Å²) < 4.78 is 0.976. The lowest BCUT2D eigenvalue weighted by atomic mass is 9.93. The Kier molecular flexibility index (Phi) is 5.14. The van der Waals surface area contributed by atoms with Gasteiger partial charge < -0.3 is 5.32 Å². The molecule has 1 atom stereocenters. The van der Waals surface area contributed by atoms with Gasteiger partial charge in [-0.25, -0.2) is 0 Å². The minimum atomic E-state index is 0.0842. The average molecular weight is 373 g/mol. The molecule has 1 unspecified atom stereocenters. The summed E-state index contributed by atoms with van der Waals surface area (Å²) in [4.78, 5) is 0. The molecule has 2 aromatic rings. The van der Waals surface area contributed by atoms with Crippen molar-refractivity contribution in [2.24, 2.45) is 0 Å². The minimum Gasteiger partial charge on any atom is -0.309 e. The van der Waals surface area contributed by atoms with Crippen LogP contribution in [0.3, 0.4) is 0 Å². The van der Waals surface area contributed by atoms with Crippen molar-refractivity contribution < 1.29 is 0 Å². The molecule has 0 heterocycles. The fourth-order valence-electron chi connectivity index (χ4n) is 2.36. The van der Waals surface area contributed by atoms with E-state index in [0.29, 0.717) is 0 Å². The Morgan fingerprint density at radius 1 is 1.00 bits per heavy atom. The molecule has 1 nitrogen and oxygen atoms in total. The largest absolute Gasteiger partial charge is 0.309 e. The number of aryl methyl sites for hydroxylation is 2. The first-order valence-corrected chi connectivity index (χ1v) is 7.87. The maximum atomic E-state index is 6.18. The van der Waals surface area contributed by atoms with E-state index in [4.69, 9.17) is 23.2 Å². The summed E-state index contributed by atoms with van der Waals surface area (Å²) in [7, 11) is 1.95. The standard InChI is InChI=1S/C16H16BrCl2N/c1-9-5-15(19)10(2)4-14(9)16(20-3)11-6-12(17)8-13(18)7-11/h4-8,16,20H,1-3H3. The molecule has 4 heteroatoms. The van der Waals surface area contributed by atoms with Crippen molar-refractivity contribution in [3.05, 3.63) is 67.1 Å². The molecule has 0 spiro atoms. The molecule has 0 aliphatic heterocycles. The van der Waals surface area contributed by atoms with Crippen molar-refractivity contribution in [3.8, 4) is 0 Å². The molecular formula is C16H16BrCl2N. The average Bonchev–Trinajstić information content (AvgIpc) is 2.35. The Morgan fingerprint density at radius 3 is 2.30 bits per heavy atom. The molecule has 1 N–H and O–H groups in total. The molecule has 20 heavy (non-hydrogen) atoms. The van der Waals surface area contributed by atoms with Gasteiger partial charge in [0.2, 0.25) is 0 Å². The summed E-state index contributed by atoms with van der Waals surface area (Å²) >= 11 is 15.8. The molecule has 2 rings (SSSR count). The van der Waals surface area contributed by atoms with Crippen LogP contribution in [-0.2, 0) is 0 Å². The number of hydrogen-bond donors (Lipinski definition) is 1. The predicted molar refractivity (Wildman–Crippen MR) is 91.0 cm³/mol. The van der Waals surface area contributed by atoms with Crippen LogP contribution in [0.5, 0.6) is 0 Å². The third kappa shape index (κ3) is 3.37. The highest BCUT2D eigenvalue weighted by Crippen LogP contribution is 2.31. The third-order valence-electron chi connectivity index (χ3n) is 3.37. The van der Waals surface area contributed by atoms with Gasteiger partial charge in [0.15, 0.2) is 0 Å². The molecular weight excluding hydrogens is 357 g/mol. The summed E-state index contributed by atoms with van der Waals surface area (Å²) in [5, 5.41) is 4.87. The highest BCUT2D eigenvalue weighted by Gasteiger charge is 2.16. The van der Waals surface area contributed by atoms with Crippen molar-refractivity contribution in [1.82, 2.24) is 5.32 Å². The Hall–Kier alpha value is -0.540. The zero-order valence-corrected chi connectivity index (χ0v) is 14.7. The van der Waals surface area contributed by atoms with E-state index in [9.17, 15) is 0 Å². The van der Waals surface area contributed by atoms with Crippen LogP contribution in [0.2, 0.25) is 10.0 Å². The summed E-state index contributed by atoms with van der Waals surface area (Å²) in [6, 6.07) is 10.2. The van der Waals surface area contributed by atoms with Gasteiger partial charge in [-0.3, -0.25) is 0 Å². The fraction of sp³-hybridized carbons (Fsp3) is 0.250. The molecule has 0 bridgehead atoms. The molecule has 0 amide bonds. The molecule has 2 aromatic carbocycles. The third-order valence-corrected chi connectivity index (χ3v) is 4.45. The second kappa shape index (κ2) is 6.48. The Bertz CT molecular complexity index is 620. The lowest BCUT2D eigenvalue weighted by Gasteiger charge is -2.21. The quantitative estimate of drug-likeness (QED) is 0.730. The molecule has 0 aromatic heterocycles. The summed E-state index contributed by atoms with van der Waals surface area (Å²) in [5.41, 5.74) is 4.57. The first kappa shape index (κ1) is 15.8. The minimum absolute atomic E-state index is 0.0842. The SMILES string of the molecule is CNC(c1cc(Cl)cc(Br)c1)c1cc(C)c(Cl)cc1C. The van der Waals surface area contributed by atoms with Gasteiger partial charge in [0.05, 0.1) is 6.04 Å². The van der Waals surface area contributed by atoms with Crippen molar-refractivity contribution >= 4 is 39.1 Å². The van der Waals surface area contributed by atoms with Crippen LogP contribution >= 0.6 is 39.1 Å². The molecule has 0 aliphatic rings. The molecule has 106 valence electrons. The topological polar surface area (TPSA) is 12.0 Å². The van der Waals surface area contributed by atoms with Gasteiger partial charge in [-0.2, -0.15) is 0 Å². The Morgan fingerprint density at radius 2 is 1.70 bits per heavy atom. The van der Waals surface area contributed by atoms with E-state index < -0.39 is 0 Å². The Labute approximate surface area is 138 Å². The second-order valence-corrected chi connectivity index (χ2v) is 6.64. The number of rotatable bonds is 3.